The third-order valence-electron chi connectivity index (χ3n) is 22.5. The summed E-state index contributed by atoms with van der Waals surface area (Å²) < 4.78 is 7.19. The van der Waals surface area contributed by atoms with Crippen LogP contribution in [-0.2, 0) is 37.9 Å². The van der Waals surface area contributed by atoms with E-state index in [1.807, 2.05) is 0 Å². The first-order valence-electron chi connectivity index (χ1n) is 30.0. The van der Waals surface area contributed by atoms with Crippen molar-refractivity contribution in [1.82, 2.24) is 0 Å². The highest BCUT2D eigenvalue weighted by molar-refractivity contribution is 7.00. The average Bonchev–Trinajstić information content (AvgIpc) is 2.87. The number of hydrogen-bond donors (Lipinski definition) is 0. The molecule has 2 unspecified atom stereocenters. The highest BCUT2D eigenvalue weighted by atomic mass is 16.3. The Kier molecular flexibility index (Phi) is 9.64. The van der Waals surface area contributed by atoms with Gasteiger partial charge in [0, 0.05) is 56.0 Å². The maximum absolute atomic E-state index is 7.19. The van der Waals surface area contributed by atoms with Crippen molar-refractivity contribution in [1.29, 1.82) is 0 Å². The quantitative estimate of drug-likeness (QED) is 0.165. The third-order valence-corrected chi connectivity index (χ3v) is 22.5. The van der Waals surface area contributed by atoms with Gasteiger partial charge in [-0.1, -0.05) is 170 Å². The standard InChI is InChI=1S/C73H80BN3O/c1-66(2)32-33-67(3,4)50-36-44(28-29-48(50)66)75-59-41-53-51(68(5,6)34-35-69(53,7)8)39-55(59)74-56-40-52-54(71(11,12)43-70(52,9)10)42-60(56)76(58-26-21-23-47-46-22-15-18-27-63(46)78-65(47)58)62-38-45(37-61(75)64(62)74)77-57-25-17-16-24-49(57)72(13)30-19-20-31-73(72,77)14/h15-18,21-29,36-42H,19-20,30-35,43H2,1-14H3. The Balaban J connectivity index is 1.12. The lowest BCUT2D eigenvalue weighted by atomic mass is 9.33. The maximum Gasteiger partial charge on any atom is 0.252 e. The number of rotatable bonds is 3. The van der Waals surface area contributed by atoms with Gasteiger partial charge < -0.3 is 19.1 Å². The second kappa shape index (κ2) is 15.4. The zero-order valence-electron chi connectivity index (χ0n) is 49.2. The molecule has 4 heterocycles. The molecule has 0 bridgehead atoms. The molecule has 4 nitrogen and oxygen atoms in total. The molecule has 1 saturated carbocycles. The lowest BCUT2D eigenvalue weighted by molar-refractivity contribution is 0.195. The van der Waals surface area contributed by atoms with Gasteiger partial charge in [0.25, 0.3) is 6.71 Å². The molecule has 0 N–H and O–H groups in total. The van der Waals surface area contributed by atoms with Crippen LogP contribution in [0.3, 0.4) is 0 Å². The number of para-hydroxylation sites is 3. The fourth-order valence-corrected chi connectivity index (χ4v) is 17.9. The number of furan rings is 1. The van der Waals surface area contributed by atoms with Crippen LogP contribution in [0.1, 0.15) is 194 Å². The molecule has 0 spiro atoms. The van der Waals surface area contributed by atoms with Crippen LogP contribution in [0, 0.1) is 0 Å². The molecule has 0 amide bonds. The predicted octanol–water partition coefficient (Wildman–Crippen LogP) is 18.1. The second-order valence-corrected chi connectivity index (χ2v) is 30.0. The van der Waals surface area contributed by atoms with E-state index in [4.69, 9.17) is 4.42 Å². The van der Waals surface area contributed by atoms with Gasteiger partial charge in [0.15, 0.2) is 5.58 Å². The summed E-state index contributed by atoms with van der Waals surface area (Å²) in [5.41, 5.74) is 26.7. The molecular formula is C73H80BN3O. The fraction of sp³-hybridized carbons (Fsp3) is 0.425. The lowest BCUT2D eigenvalue weighted by Gasteiger charge is -2.51. The predicted molar refractivity (Wildman–Crippen MR) is 332 cm³/mol. The van der Waals surface area contributed by atoms with E-state index < -0.39 is 0 Å². The zero-order chi connectivity index (χ0) is 54.2. The minimum Gasteiger partial charge on any atom is -0.454 e. The van der Waals surface area contributed by atoms with E-state index in [1.54, 1.807) is 0 Å². The number of fused-ring (bicyclic) bond motifs is 13. The van der Waals surface area contributed by atoms with E-state index in [0.717, 1.165) is 46.9 Å². The van der Waals surface area contributed by atoms with Crippen LogP contribution in [0.5, 0.6) is 0 Å². The van der Waals surface area contributed by atoms with Crippen molar-refractivity contribution in [2.45, 2.75) is 198 Å². The van der Waals surface area contributed by atoms with Crippen LogP contribution in [0.15, 0.2) is 126 Å². The summed E-state index contributed by atoms with van der Waals surface area (Å²) in [6.07, 6.45) is 10.6. The van der Waals surface area contributed by atoms with E-state index in [1.165, 1.54) is 134 Å². The van der Waals surface area contributed by atoms with E-state index in [9.17, 15) is 0 Å². The number of nitrogens with zero attached hydrogens (tertiary/aromatic N) is 3. The Bertz CT molecular complexity index is 3940. The second-order valence-electron chi connectivity index (χ2n) is 30.0. The Morgan fingerprint density at radius 3 is 1.60 bits per heavy atom. The van der Waals surface area contributed by atoms with Gasteiger partial charge >= 0.3 is 0 Å². The van der Waals surface area contributed by atoms with Crippen molar-refractivity contribution in [2.24, 2.45) is 0 Å². The van der Waals surface area contributed by atoms with Crippen LogP contribution >= 0.6 is 0 Å². The highest BCUT2D eigenvalue weighted by Gasteiger charge is 2.58. The normalized spacial score (nSPS) is 24.7. The Labute approximate surface area is 465 Å². The Hall–Kier alpha value is -6.20. The van der Waals surface area contributed by atoms with Gasteiger partial charge in [-0.25, -0.2) is 0 Å². The summed E-state index contributed by atoms with van der Waals surface area (Å²) in [5, 5.41) is 2.31. The van der Waals surface area contributed by atoms with Gasteiger partial charge in [-0.3, -0.25) is 0 Å². The molecule has 1 fully saturated rings. The molecule has 5 heteroatoms. The van der Waals surface area contributed by atoms with E-state index in [0.29, 0.717) is 0 Å². The van der Waals surface area contributed by atoms with Gasteiger partial charge in [0.1, 0.15) is 5.58 Å². The molecule has 396 valence electrons. The van der Waals surface area contributed by atoms with Gasteiger partial charge in [-0.15, -0.1) is 0 Å². The van der Waals surface area contributed by atoms with E-state index in [2.05, 4.69) is 233 Å². The van der Waals surface area contributed by atoms with Crippen LogP contribution in [0.25, 0.3) is 21.9 Å². The smallest absolute Gasteiger partial charge is 0.252 e. The van der Waals surface area contributed by atoms with Crippen LogP contribution in [-0.4, -0.2) is 12.3 Å². The summed E-state index contributed by atoms with van der Waals surface area (Å²) in [5.74, 6) is 0. The maximum atomic E-state index is 7.19. The third kappa shape index (κ3) is 6.31. The van der Waals surface area contributed by atoms with Gasteiger partial charge in [0.05, 0.1) is 11.2 Å². The molecule has 2 atom stereocenters. The lowest BCUT2D eigenvalue weighted by Crippen LogP contribution is -2.62. The Morgan fingerprint density at radius 2 is 0.910 bits per heavy atom. The zero-order valence-corrected chi connectivity index (χ0v) is 49.2. The first-order chi connectivity index (χ1) is 36.9. The summed E-state index contributed by atoms with van der Waals surface area (Å²) in [6.45, 7) is 35.1. The summed E-state index contributed by atoms with van der Waals surface area (Å²) in [7, 11) is 0. The largest absolute Gasteiger partial charge is 0.454 e. The molecule has 1 aromatic heterocycles. The molecule has 7 aliphatic rings. The average molecular weight is 1030 g/mol. The molecule has 0 radical (unpaired) electrons. The van der Waals surface area contributed by atoms with Crippen LogP contribution in [0.2, 0.25) is 0 Å². The van der Waals surface area contributed by atoms with Crippen molar-refractivity contribution < 1.29 is 4.42 Å². The van der Waals surface area contributed by atoms with Gasteiger partial charge in [-0.2, -0.15) is 0 Å². The molecule has 7 aromatic carbocycles. The molecule has 4 aliphatic carbocycles. The van der Waals surface area contributed by atoms with E-state index >= 15 is 0 Å². The number of anilines is 8. The number of benzene rings is 7. The van der Waals surface area contributed by atoms with Crippen LogP contribution < -0.4 is 31.1 Å². The minimum atomic E-state index is -0.143. The summed E-state index contributed by atoms with van der Waals surface area (Å²) in [6, 6.07) is 48.8. The first kappa shape index (κ1) is 48.9. The highest BCUT2D eigenvalue weighted by Crippen LogP contribution is 2.63. The number of hydrogen-bond acceptors (Lipinski definition) is 4. The Morgan fingerprint density at radius 1 is 0.385 bits per heavy atom. The SMILES string of the molecule is CC1(C)CCC(C)(C)c2cc(N3c4cc5c(cc4B4c6cc7c(cc6N(c6cccc8c6oc6ccccc68)c6cc(N8c9ccccc9C9(C)CCCCC89C)cc3c64)C(C)(C)CC7(C)C)C(C)(C)CCC5(C)C)ccc21. The monoisotopic (exact) mass is 1030 g/mol. The van der Waals surface area contributed by atoms with Crippen molar-refractivity contribution in [2.75, 3.05) is 14.7 Å². The minimum absolute atomic E-state index is 0.00472. The van der Waals surface area contributed by atoms with E-state index in [-0.39, 0.29) is 50.2 Å². The molecule has 15 rings (SSSR count). The first-order valence-corrected chi connectivity index (χ1v) is 30.0. The summed E-state index contributed by atoms with van der Waals surface area (Å²) in [4.78, 5) is 8.31. The molecule has 78 heavy (non-hydrogen) atoms. The van der Waals surface area contributed by atoms with Crippen molar-refractivity contribution >= 4 is 90.5 Å². The van der Waals surface area contributed by atoms with Crippen molar-refractivity contribution in [3.8, 4) is 0 Å². The van der Waals surface area contributed by atoms with Gasteiger partial charge in [-0.05, 0) is 194 Å². The molecular weight excluding hydrogens is 946 g/mol. The van der Waals surface area contributed by atoms with Crippen molar-refractivity contribution in [3.05, 3.63) is 160 Å². The topological polar surface area (TPSA) is 22.9 Å². The van der Waals surface area contributed by atoms with Crippen molar-refractivity contribution in [3.63, 3.8) is 0 Å². The molecule has 0 saturated heterocycles. The van der Waals surface area contributed by atoms with Gasteiger partial charge in [0.2, 0.25) is 0 Å². The summed E-state index contributed by atoms with van der Waals surface area (Å²) >= 11 is 0. The van der Waals surface area contributed by atoms with Crippen LogP contribution in [0.4, 0.5) is 45.5 Å². The fourth-order valence-electron chi connectivity index (χ4n) is 17.9. The molecule has 3 aliphatic heterocycles. The molecule has 8 aromatic rings.